The number of esters is 1. The summed E-state index contributed by atoms with van der Waals surface area (Å²) < 4.78 is 6.89. The summed E-state index contributed by atoms with van der Waals surface area (Å²) in [6.07, 6.45) is 1.55. The summed E-state index contributed by atoms with van der Waals surface area (Å²) in [6, 6.07) is 12.5. The smallest absolute Gasteiger partial charge is 0.334 e. The maximum Gasteiger partial charge on any atom is 0.334 e. The van der Waals surface area contributed by atoms with Crippen molar-refractivity contribution in [2.24, 2.45) is 0 Å². The number of ether oxygens (including phenoxy) is 1. The van der Waals surface area contributed by atoms with E-state index in [1.165, 1.54) is 18.2 Å². The van der Waals surface area contributed by atoms with Gasteiger partial charge in [0.2, 0.25) is 5.75 Å². The molecule has 0 bridgehead atoms. The zero-order chi connectivity index (χ0) is 16.4. The van der Waals surface area contributed by atoms with E-state index >= 15 is 0 Å². The topological polar surface area (TPSA) is 87.3 Å². The molecule has 116 valence electrons. The van der Waals surface area contributed by atoms with Crippen molar-refractivity contribution < 1.29 is 14.5 Å². The number of carbonyl (C=O) groups is 1. The Morgan fingerprint density at radius 2 is 1.91 bits per heavy atom. The van der Waals surface area contributed by atoms with E-state index in [0.717, 1.165) is 11.0 Å². The molecule has 0 fully saturated rings. The van der Waals surface area contributed by atoms with E-state index in [1.807, 2.05) is 24.3 Å². The summed E-state index contributed by atoms with van der Waals surface area (Å²) in [4.78, 5) is 27.0. The maximum absolute atomic E-state index is 12.3. The number of imidazole rings is 1. The van der Waals surface area contributed by atoms with Gasteiger partial charge in [0, 0.05) is 6.07 Å². The van der Waals surface area contributed by atoms with E-state index in [1.54, 1.807) is 23.9 Å². The lowest BCUT2D eigenvalue weighted by atomic mass is 10.2. The lowest BCUT2D eigenvalue weighted by molar-refractivity contribution is -0.385. The third kappa shape index (κ3) is 2.76. The van der Waals surface area contributed by atoms with Crippen molar-refractivity contribution in [1.29, 1.82) is 0 Å². The molecule has 3 aromatic rings. The van der Waals surface area contributed by atoms with Crippen LogP contribution in [0.4, 0.5) is 5.69 Å². The average molecular weight is 311 g/mol. The summed E-state index contributed by atoms with van der Waals surface area (Å²) in [5, 5.41) is 11.0. The van der Waals surface area contributed by atoms with Crippen LogP contribution in [-0.2, 0) is 4.79 Å². The molecule has 1 unspecified atom stereocenters. The second kappa shape index (κ2) is 5.88. The molecule has 3 rings (SSSR count). The molecule has 0 aliphatic heterocycles. The van der Waals surface area contributed by atoms with Crippen LogP contribution in [0.3, 0.4) is 0 Å². The number of nitro benzene ring substituents is 1. The van der Waals surface area contributed by atoms with E-state index in [4.69, 9.17) is 4.74 Å². The third-order valence-corrected chi connectivity index (χ3v) is 3.51. The number of carbonyl (C=O) groups excluding carboxylic acids is 1. The van der Waals surface area contributed by atoms with Gasteiger partial charge in [-0.3, -0.25) is 10.1 Å². The Morgan fingerprint density at radius 3 is 2.70 bits per heavy atom. The first-order chi connectivity index (χ1) is 11.1. The monoisotopic (exact) mass is 311 g/mol. The van der Waals surface area contributed by atoms with Crippen LogP contribution in [-0.4, -0.2) is 20.4 Å². The lowest BCUT2D eigenvalue weighted by Gasteiger charge is -2.13. The molecule has 1 aromatic heterocycles. The molecule has 1 heterocycles. The number of aromatic nitrogens is 2. The molecule has 0 aliphatic carbocycles. The van der Waals surface area contributed by atoms with Crippen LogP contribution < -0.4 is 4.74 Å². The zero-order valence-corrected chi connectivity index (χ0v) is 12.2. The van der Waals surface area contributed by atoms with Crippen molar-refractivity contribution in [1.82, 2.24) is 9.55 Å². The molecule has 0 saturated heterocycles. The van der Waals surface area contributed by atoms with Gasteiger partial charge in [-0.2, -0.15) is 0 Å². The lowest BCUT2D eigenvalue weighted by Crippen LogP contribution is -2.21. The van der Waals surface area contributed by atoms with Gasteiger partial charge in [-0.1, -0.05) is 24.3 Å². The maximum atomic E-state index is 12.3. The summed E-state index contributed by atoms with van der Waals surface area (Å²) in [5.41, 5.74) is 1.31. The van der Waals surface area contributed by atoms with Crippen molar-refractivity contribution in [3.05, 3.63) is 65.0 Å². The molecule has 2 aromatic carbocycles. The highest BCUT2D eigenvalue weighted by molar-refractivity contribution is 5.82. The van der Waals surface area contributed by atoms with E-state index in [-0.39, 0.29) is 11.4 Å². The number of hydrogen-bond donors (Lipinski definition) is 0. The number of hydrogen-bond acceptors (Lipinski definition) is 5. The summed E-state index contributed by atoms with van der Waals surface area (Å²) in [6.45, 7) is 1.66. The first-order valence-corrected chi connectivity index (χ1v) is 6.94. The van der Waals surface area contributed by atoms with Crippen LogP contribution in [0, 0.1) is 10.1 Å². The number of nitrogens with zero attached hydrogens (tertiary/aromatic N) is 3. The Kier molecular flexibility index (Phi) is 3.76. The Balaban J connectivity index is 1.88. The molecule has 0 aliphatic rings. The molecule has 0 radical (unpaired) electrons. The Bertz CT molecular complexity index is 888. The second-order valence-electron chi connectivity index (χ2n) is 4.96. The fourth-order valence-corrected chi connectivity index (χ4v) is 2.29. The van der Waals surface area contributed by atoms with Gasteiger partial charge < -0.3 is 9.30 Å². The predicted octanol–water partition coefficient (Wildman–Crippen LogP) is 3.11. The minimum absolute atomic E-state index is 0.0706. The minimum atomic E-state index is -0.665. The fraction of sp³-hybridized carbons (Fsp3) is 0.125. The number of fused-ring (bicyclic) bond motifs is 1. The highest BCUT2D eigenvalue weighted by atomic mass is 16.6. The van der Waals surface area contributed by atoms with E-state index in [0.29, 0.717) is 0 Å². The van der Waals surface area contributed by atoms with Crippen LogP contribution in [0.1, 0.15) is 13.0 Å². The van der Waals surface area contributed by atoms with Crippen molar-refractivity contribution >= 4 is 22.7 Å². The molecule has 0 saturated carbocycles. The molecule has 1 atom stereocenters. The van der Waals surface area contributed by atoms with Gasteiger partial charge in [0.1, 0.15) is 6.04 Å². The van der Waals surface area contributed by atoms with Gasteiger partial charge in [-0.05, 0) is 25.1 Å². The number of para-hydroxylation sites is 4. The van der Waals surface area contributed by atoms with Crippen molar-refractivity contribution in [3.8, 4) is 5.75 Å². The second-order valence-corrected chi connectivity index (χ2v) is 4.96. The van der Waals surface area contributed by atoms with Crippen molar-refractivity contribution in [2.45, 2.75) is 13.0 Å². The number of rotatable bonds is 4. The van der Waals surface area contributed by atoms with E-state index in [9.17, 15) is 14.9 Å². The van der Waals surface area contributed by atoms with Crippen LogP contribution in [0.2, 0.25) is 0 Å². The van der Waals surface area contributed by atoms with Gasteiger partial charge >= 0.3 is 11.7 Å². The Morgan fingerprint density at radius 1 is 1.22 bits per heavy atom. The van der Waals surface area contributed by atoms with Crippen LogP contribution in [0.15, 0.2) is 54.9 Å². The number of benzene rings is 2. The normalized spacial score (nSPS) is 12.0. The van der Waals surface area contributed by atoms with Crippen LogP contribution >= 0.6 is 0 Å². The molecule has 0 N–H and O–H groups in total. The fourth-order valence-electron chi connectivity index (χ4n) is 2.29. The Labute approximate surface area is 131 Å². The van der Waals surface area contributed by atoms with Gasteiger partial charge in [0.25, 0.3) is 0 Å². The largest absolute Gasteiger partial charge is 0.418 e. The van der Waals surface area contributed by atoms with Crippen LogP contribution in [0.5, 0.6) is 5.75 Å². The summed E-state index contributed by atoms with van der Waals surface area (Å²) in [5.74, 6) is -0.666. The zero-order valence-electron chi connectivity index (χ0n) is 12.2. The summed E-state index contributed by atoms with van der Waals surface area (Å²) in [7, 11) is 0. The van der Waals surface area contributed by atoms with Crippen molar-refractivity contribution in [2.75, 3.05) is 0 Å². The number of nitro groups is 1. The first kappa shape index (κ1) is 14.7. The van der Waals surface area contributed by atoms with Crippen molar-refractivity contribution in [3.63, 3.8) is 0 Å². The van der Waals surface area contributed by atoms with Crippen LogP contribution in [0.25, 0.3) is 11.0 Å². The van der Waals surface area contributed by atoms with E-state index in [2.05, 4.69) is 4.98 Å². The Hall–Kier alpha value is -3.22. The molecular formula is C16H13N3O4. The molecule has 0 amide bonds. The molecule has 7 heteroatoms. The average Bonchev–Trinajstić information content (AvgIpc) is 2.98. The third-order valence-electron chi connectivity index (χ3n) is 3.51. The quantitative estimate of drug-likeness (QED) is 0.320. The highest BCUT2D eigenvalue weighted by Gasteiger charge is 2.23. The SMILES string of the molecule is CC(C(=O)Oc1ccccc1[N+](=O)[O-])n1cnc2ccccc21. The molecule has 23 heavy (non-hydrogen) atoms. The van der Waals surface area contributed by atoms with E-state index < -0.39 is 16.9 Å². The molecule has 0 spiro atoms. The summed E-state index contributed by atoms with van der Waals surface area (Å²) >= 11 is 0. The minimum Gasteiger partial charge on any atom is -0.418 e. The van der Waals surface area contributed by atoms with Gasteiger partial charge in [0.15, 0.2) is 0 Å². The first-order valence-electron chi connectivity index (χ1n) is 6.94. The van der Waals surface area contributed by atoms with Gasteiger partial charge in [0.05, 0.1) is 22.3 Å². The molecular weight excluding hydrogens is 298 g/mol. The predicted molar refractivity (Wildman–Crippen MR) is 83.2 cm³/mol. The van der Waals surface area contributed by atoms with Gasteiger partial charge in [-0.15, -0.1) is 0 Å². The molecule has 7 nitrogen and oxygen atoms in total. The highest BCUT2D eigenvalue weighted by Crippen LogP contribution is 2.27. The van der Waals surface area contributed by atoms with Gasteiger partial charge in [-0.25, -0.2) is 9.78 Å². The standard InChI is InChI=1S/C16H13N3O4/c1-11(18-10-17-12-6-2-3-7-13(12)18)16(20)23-15-9-5-4-8-14(15)19(21)22/h2-11H,1H3.